The maximum absolute atomic E-state index is 14.1. The van der Waals surface area contributed by atoms with Crippen LogP contribution in [-0.4, -0.2) is 63.4 Å². The van der Waals surface area contributed by atoms with E-state index in [0.29, 0.717) is 23.7 Å². The van der Waals surface area contributed by atoms with Gasteiger partial charge in [0.2, 0.25) is 5.91 Å². The molecule has 10 heteroatoms. The lowest BCUT2D eigenvalue weighted by Gasteiger charge is -2.31. The number of carboxylic acid groups (broad SMARTS) is 1. The number of carboxylic acids is 1. The van der Waals surface area contributed by atoms with Crippen LogP contribution in [0.5, 0.6) is 5.88 Å². The lowest BCUT2D eigenvalue weighted by Crippen LogP contribution is -2.55. The highest BCUT2D eigenvalue weighted by Crippen LogP contribution is 2.38. The SMILES string of the molecule is CC1CC[C@H]2OC(=O)N[C@@H](C3CCCC3)C(=O)N3C[C@@H](C[C@H]3C(=O)O)Oc3cc4ccccc4c(=O)n3CC=CCCC[C@H]12. The van der Waals surface area contributed by atoms with Crippen LogP contribution in [0, 0.1) is 17.8 Å². The molecule has 10 nitrogen and oxygen atoms in total. The molecular formula is C34H43N3O7. The topological polar surface area (TPSA) is 127 Å². The highest BCUT2D eigenvalue weighted by molar-refractivity contribution is 5.90. The molecule has 236 valence electrons. The predicted octanol–water partition coefficient (Wildman–Crippen LogP) is 4.87. The predicted molar refractivity (Wildman–Crippen MR) is 164 cm³/mol. The number of fused-ring (bicyclic) bond motifs is 5. The molecule has 2 amide bonds. The Morgan fingerprint density at radius 2 is 1.77 bits per heavy atom. The number of hydrogen-bond acceptors (Lipinski definition) is 6. The van der Waals surface area contributed by atoms with Crippen molar-refractivity contribution in [3.63, 3.8) is 0 Å². The number of alkyl carbamates (subject to hydrolysis) is 1. The van der Waals surface area contributed by atoms with Crippen LogP contribution in [0.1, 0.15) is 71.1 Å². The van der Waals surface area contributed by atoms with Crippen molar-refractivity contribution in [3.8, 4) is 5.88 Å². The number of aliphatic carboxylic acids is 1. The van der Waals surface area contributed by atoms with Gasteiger partial charge < -0.3 is 24.8 Å². The van der Waals surface area contributed by atoms with Crippen LogP contribution in [-0.2, 0) is 20.9 Å². The summed E-state index contributed by atoms with van der Waals surface area (Å²) in [5.41, 5.74) is -0.182. The summed E-state index contributed by atoms with van der Waals surface area (Å²) in [4.78, 5) is 54.8. The fraction of sp³-hybridized carbons (Fsp3) is 0.588. The van der Waals surface area contributed by atoms with Crippen molar-refractivity contribution < 1.29 is 29.0 Å². The second-order valence-corrected chi connectivity index (χ2v) is 13.0. The number of aromatic nitrogens is 1. The zero-order valence-electron chi connectivity index (χ0n) is 25.4. The first-order valence-electron chi connectivity index (χ1n) is 16.2. The Bertz CT molecular complexity index is 1480. The van der Waals surface area contributed by atoms with Crippen molar-refractivity contribution in [2.45, 2.75) is 102 Å². The van der Waals surface area contributed by atoms with Crippen molar-refractivity contribution in [3.05, 3.63) is 52.8 Å². The molecule has 1 aromatic carbocycles. The van der Waals surface area contributed by atoms with E-state index >= 15 is 0 Å². The lowest BCUT2D eigenvalue weighted by molar-refractivity contribution is -0.149. The first-order valence-corrected chi connectivity index (χ1v) is 16.2. The Morgan fingerprint density at radius 3 is 2.57 bits per heavy atom. The second-order valence-electron chi connectivity index (χ2n) is 13.0. The zero-order valence-corrected chi connectivity index (χ0v) is 25.4. The van der Waals surface area contributed by atoms with E-state index in [0.717, 1.165) is 63.2 Å². The number of hydrogen-bond donors (Lipinski definition) is 2. The number of rotatable bonds is 2. The fourth-order valence-electron chi connectivity index (χ4n) is 7.83. The minimum atomic E-state index is -1.12. The summed E-state index contributed by atoms with van der Waals surface area (Å²) in [5.74, 6) is -0.631. The van der Waals surface area contributed by atoms with Gasteiger partial charge in [0, 0.05) is 24.4 Å². The van der Waals surface area contributed by atoms with Crippen LogP contribution < -0.4 is 15.6 Å². The number of carbonyl (C=O) groups is 3. The smallest absolute Gasteiger partial charge is 0.408 e. The van der Waals surface area contributed by atoms with Gasteiger partial charge in [-0.25, -0.2) is 9.59 Å². The van der Waals surface area contributed by atoms with E-state index in [1.165, 1.54) is 4.90 Å². The first-order chi connectivity index (χ1) is 21.3. The van der Waals surface area contributed by atoms with Crippen molar-refractivity contribution in [1.82, 2.24) is 14.8 Å². The Hall–Kier alpha value is -3.82. The summed E-state index contributed by atoms with van der Waals surface area (Å²) in [6.45, 7) is 2.55. The number of carbonyl (C=O) groups excluding carboxylic acids is 2. The van der Waals surface area contributed by atoms with Gasteiger partial charge in [0.1, 0.15) is 24.3 Å². The molecule has 6 atom stereocenters. The molecule has 1 saturated heterocycles. The summed E-state index contributed by atoms with van der Waals surface area (Å²) >= 11 is 0. The highest BCUT2D eigenvalue weighted by Gasteiger charge is 2.46. The van der Waals surface area contributed by atoms with Crippen molar-refractivity contribution in [1.29, 1.82) is 0 Å². The summed E-state index contributed by atoms with van der Waals surface area (Å²) < 4.78 is 13.9. The van der Waals surface area contributed by atoms with E-state index in [4.69, 9.17) is 9.47 Å². The molecule has 2 aliphatic carbocycles. The molecular weight excluding hydrogens is 562 g/mol. The second kappa shape index (κ2) is 13.0. The number of benzene rings is 1. The van der Waals surface area contributed by atoms with Crippen LogP contribution in [0.2, 0.25) is 0 Å². The molecule has 2 saturated carbocycles. The van der Waals surface area contributed by atoms with Crippen LogP contribution in [0.3, 0.4) is 0 Å². The normalized spacial score (nSPS) is 30.4. The van der Waals surface area contributed by atoms with E-state index < -0.39 is 36.2 Å². The summed E-state index contributed by atoms with van der Waals surface area (Å²) in [6.07, 6.45) is 10.6. The number of amides is 2. The number of allylic oxidation sites excluding steroid dienone is 2. The van der Waals surface area contributed by atoms with Crippen LogP contribution in [0.4, 0.5) is 4.79 Å². The summed E-state index contributed by atoms with van der Waals surface area (Å²) in [7, 11) is 0. The Morgan fingerprint density at radius 1 is 0.977 bits per heavy atom. The van der Waals surface area contributed by atoms with Crippen molar-refractivity contribution in [2.75, 3.05) is 6.54 Å². The molecule has 1 unspecified atom stereocenters. The quantitative estimate of drug-likeness (QED) is 0.468. The molecule has 3 heterocycles. The zero-order chi connectivity index (χ0) is 30.8. The highest BCUT2D eigenvalue weighted by atomic mass is 16.6. The maximum atomic E-state index is 14.1. The van der Waals surface area contributed by atoms with Gasteiger partial charge >= 0.3 is 12.1 Å². The molecule has 0 spiro atoms. The Labute approximate surface area is 257 Å². The van der Waals surface area contributed by atoms with E-state index in [2.05, 4.69) is 18.3 Å². The van der Waals surface area contributed by atoms with Crippen molar-refractivity contribution >= 4 is 28.7 Å². The molecule has 4 aliphatic rings. The monoisotopic (exact) mass is 605 g/mol. The number of ether oxygens (including phenoxy) is 2. The van der Waals surface area contributed by atoms with Crippen molar-refractivity contribution in [2.24, 2.45) is 17.8 Å². The minimum absolute atomic E-state index is 0.0365. The van der Waals surface area contributed by atoms with Gasteiger partial charge in [0.15, 0.2) is 5.88 Å². The lowest BCUT2D eigenvalue weighted by atomic mass is 9.91. The van der Waals surface area contributed by atoms with E-state index in [9.17, 15) is 24.3 Å². The van der Waals surface area contributed by atoms with Crippen LogP contribution in [0.25, 0.3) is 10.8 Å². The van der Waals surface area contributed by atoms with Gasteiger partial charge in [-0.1, -0.05) is 50.1 Å². The number of nitrogens with zero attached hydrogens (tertiary/aromatic N) is 2. The maximum Gasteiger partial charge on any atom is 0.408 e. The summed E-state index contributed by atoms with van der Waals surface area (Å²) in [5, 5.41) is 14.4. The molecule has 1 aromatic heterocycles. The van der Waals surface area contributed by atoms with Crippen LogP contribution >= 0.6 is 0 Å². The van der Waals surface area contributed by atoms with Gasteiger partial charge in [-0.2, -0.15) is 0 Å². The van der Waals surface area contributed by atoms with Gasteiger partial charge in [0.05, 0.1) is 6.54 Å². The first kappa shape index (κ1) is 30.2. The van der Waals surface area contributed by atoms with Gasteiger partial charge in [-0.3, -0.25) is 14.2 Å². The van der Waals surface area contributed by atoms with E-state index in [-0.39, 0.29) is 36.5 Å². The average molecular weight is 606 g/mol. The third kappa shape index (κ3) is 6.21. The molecule has 6 rings (SSSR count). The Balaban J connectivity index is 1.35. The molecule has 3 fully saturated rings. The third-order valence-corrected chi connectivity index (χ3v) is 10.2. The number of pyridine rings is 1. The van der Waals surface area contributed by atoms with Gasteiger partial charge in [-0.05, 0) is 74.2 Å². The van der Waals surface area contributed by atoms with Crippen LogP contribution in [0.15, 0.2) is 47.3 Å². The molecule has 2 aromatic rings. The minimum Gasteiger partial charge on any atom is -0.480 e. The largest absolute Gasteiger partial charge is 0.480 e. The molecule has 0 radical (unpaired) electrons. The third-order valence-electron chi connectivity index (χ3n) is 10.2. The Kier molecular flexibility index (Phi) is 8.96. The van der Waals surface area contributed by atoms with Gasteiger partial charge in [0.25, 0.3) is 5.56 Å². The molecule has 2 aliphatic heterocycles. The van der Waals surface area contributed by atoms with Gasteiger partial charge in [-0.15, -0.1) is 0 Å². The standard InChI is InChI=1S/C34H43N3O7/c1-21-15-16-28-25(21)13-4-2-3-9-17-36-29(18-23-12-7-8-14-26(23)31(36)38)43-24-19-27(33(40)41)37(20-24)32(39)30(35-34(42)44-28)22-10-5-6-11-22/h3,7-9,12,14,18,21-22,24-25,27-28,30H,2,4-6,10-11,13,15-17,19-20H2,1H3,(H,35,42)(H,40,41)/t21?,24-,25-,27+,28-,30+/m1/s1. The summed E-state index contributed by atoms with van der Waals surface area (Å²) in [6, 6.07) is 7.16. The molecule has 44 heavy (non-hydrogen) atoms. The average Bonchev–Trinajstić information content (AvgIpc) is 3.76. The molecule has 2 N–H and O–H groups in total. The van der Waals surface area contributed by atoms with E-state index in [1.807, 2.05) is 30.3 Å². The molecule has 2 bridgehead atoms. The van der Waals surface area contributed by atoms with E-state index in [1.54, 1.807) is 10.6 Å². The fourth-order valence-corrected chi connectivity index (χ4v) is 7.83. The number of nitrogens with one attached hydrogen (secondary N) is 1.